The van der Waals surface area contributed by atoms with Gasteiger partial charge < -0.3 is 14.9 Å². The van der Waals surface area contributed by atoms with E-state index in [1.807, 2.05) is 0 Å². The van der Waals surface area contributed by atoms with Crippen LogP contribution in [0.3, 0.4) is 0 Å². The largest absolute Gasteiger partial charge is 0.444 e. The molecule has 2 N–H and O–H groups in total. The molecule has 1 fully saturated rings. The van der Waals surface area contributed by atoms with Crippen molar-refractivity contribution in [1.82, 2.24) is 4.98 Å². The summed E-state index contributed by atoms with van der Waals surface area (Å²) in [7, 11) is 0. The summed E-state index contributed by atoms with van der Waals surface area (Å²) >= 11 is 0. The molecule has 0 saturated carbocycles. The van der Waals surface area contributed by atoms with E-state index in [2.05, 4.69) is 4.98 Å². The summed E-state index contributed by atoms with van der Waals surface area (Å²) in [5, 5.41) is 0. The first-order chi connectivity index (χ1) is 6.38. The van der Waals surface area contributed by atoms with Gasteiger partial charge in [0.15, 0.2) is 0 Å². The molecule has 4 heteroatoms. The van der Waals surface area contributed by atoms with Gasteiger partial charge in [0, 0.05) is 13.0 Å². The number of nitrogens with two attached hydrogens (primary N) is 1. The van der Waals surface area contributed by atoms with Crippen molar-refractivity contribution >= 4 is 0 Å². The second-order valence-corrected chi connectivity index (χ2v) is 3.26. The van der Waals surface area contributed by atoms with Crippen molar-refractivity contribution in [2.45, 2.75) is 31.9 Å². The van der Waals surface area contributed by atoms with E-state index in [-0.39, 0.29) is 0 Å². The van der Waals surface area contributed by atoms with E-state index in [0.717, 1.165) is 31.6 Å². The van der Waals surface area contributed by atoms with Crippen LogP contribution in [0.15, 0.2) is 10.6 Å². The fraction of sp³-hybridized carbons (Fsp3) is 0.667. The molecule has 1 unspecified atom stereocenters. The van der Waals surface area contributed by atoms with Crippen molar-refractivity contribution in [2.75, 3.05) is 6.61 Å². The zero-order valence-electron chi connectivity index (χ0n) is 7.53. The van der Waals surface area contributed by atoms with Gasteiger partial charge in [-0.3, -0.25) is 0 Å². The first-order valence-electron chi connectivity index (χ1n) is 4.63. The maximum Gasteiger partial charge on any atom is 0.208 e. The zero-order valence-corrected chi connectivity index (χ0v) is 7.53. The van der Waals surface area contributed by atoms with Crippen molar-refractivity contribution in [1.29, 1.82) is 0 Å². The normalized spacial score (nSPS) is 22.4. The number of rotatable bonds is 3. The number of aromatic nitrogens is 1. The van der Waals surface area contributed by atoms with Crippen LogP contribution in [0.2, 0.25) is 0 Å². The standard InChI is InChI=1S/C9H14N2O2/c10-5-9-11-6-8(13-9)4-7-2-1-3-12-7/h6-7H,1-5,10H2. The highest BCUT2D eigenvalue weighted by Gasteiger charge is 2.17. The molecule has 1 saturated heterocycles. The predicted molar refractivity (Wildman–Crippen MR) is 47.1 cm³/mol. The maximum absolute atomic E-state index is 5.48. The van der Waals surface area contributed by atoms with Gasteiger partial charge in [0.25, 0.3) is 0 Å². The summed E-state index contributed by atoms with van der Waals surface area (Å²) < 4.78 is 10.9. The van der Waals surface area contributed by atoms with E-state index in [1.165, 1.54) is 0 Å². The van der Waals surface area contributed by atoms with E-state index >= 15 is 0 Å². The van der Waals surface area contributed by atoms with Crippen LogP contribution in [-0.2, 0) is 17.7 Å². The number of hydrogen-bond acceptors (Lipinski definition) is 4. The molecular formula is C9H14N2O2. The third-order valence-electron chi connectivity index (χ3n) is 2.23. The van der Waals surface area contributed by atoms with Gasteiger partial charge in [-0.05, 0) is 12.8 Å². The van der Waals surface area contributed by atoms with Gasteiger partial charge in [-0.15, -0.1) is 0 Å². The highest BCUT2D eigenvalue weighted by Crippen LogP contribution is 2.17. The number of oxazole rings is 1. The molecule has 72 valence electrons. The Morgan fingerprint density at radius 1 is 1.62 bits per heavy atom. The third kappa shape index (κ3) is 2.08. The minimum atomic E-state index is 0.318. The Morgan fingerprint density at radius 2 is 2.54 bits per heavy atom. The smallest absolute Gasteiger partial charge is 0.208 e. The second-order valence-electron chi connectivity index (χ2n) is 3.26. The molecule has 2 heterocycles. The van der Waals surface area contributed by atoms with Crippen LogP contribution < -0.4 is 5.73 Å². The van der Waals surface area contributed by atoms with Gasteiger partial charge in [-0.1, -0.05) is 0 Å². The first-order valence-corrected chi connectivity index (χ1v) is 4.63. The Kier molecular flexibility index (Phi) is 2.61. The molecule has 0 aliphatic carbocycles. The average molecular weight is 182 g/mol. The Hall–Kier alpha value is -0.870. The maximum atomic E-state index is 5.48. The van der Waals surface area contributed by atoms with Crippen LogP contribution in [0.1, 0.15) is 24.5 Å². The zero-order chi connectivity index (χ0) is 9.10. The molecule has 1 atom stereocenters. The summed E-state index contributed by atoms with van der Waals surface area (Å²) in [6.07, 6.45) is 5.16. The van der Waals surface area contributed by atoms with Crippen LogP contribution in [0.25, 0.3) is 0 Å². The summed E-state index contributed by atoms with van der Waals surface area (Å²) in [6.45, 7) is 1.24. The van der Waals surface area contributed by atoms with Crippen molar-refractivity contribution in [3.8, 4) is 0 Å². The third-order valence-corrected chi connectivity index (χ3v) is 2.23. The molecule has 0 bridgehead atoms. The van der Waals surface area contributed by atoms with Crippen LogP contribution in [-0.4, -0.2) is 17.7 Å². The Bertz CT molecular complexity index is 266. The topological polar surface area (TPSA) is 61.3 Å². The Morgan fingerprint density at radius 3 is 3.15 bits per heavy atom. The molecule has 1 aliphatic heterocycles. The molecule has 0 amide bonds. The van der Waals surface area contributed by atoms with E-state index in [9.17, 15) is 0 Å². The lowest BCUT2D eigenvalue weighted by Crippen LogP contribution is -2.07. The Labute approximate surface area is 77.1 Å². The van der Waals surface area contributed by atoms with Gasteiger partial charge in [-0.2, -0.15) is 0 Å². The summed E-state index contributed by atoms with van der Waals surface area (Å²) in [5.41, 5.74) is 5.38. The lowest BCUT2D eigenvalue weighted by molar-refractivity contribution is 0.106. The van der Waals surface area contributed by atoms with E-state index < -0.39 is 0 Å². The van der Waals surface area contributed by atoms with Crippen LogP contribution >= 0.6 is 0 Å². The molecule has 1 aromatic heterocycles. The van der Waals surface area contributed by atoms with Crippen molar-refractivity contribution < 1.29 is 9.15 Å². The Balaban J connectivity index is 1.92. The van der Waals surface area contributed by atoms with Gasteiger partial charge in [0.1, 0.15) is 5.76 Å². The molecule has 2 rings (SSSR count). The van der Waals surface area contributed by atoms with Gasteiger partial charge >= 0.3 is 0 Å². The molecule has 1 aromatic rings. The van der Waals surface area contributed by atoms with Crippen molar-refractivity contribution in [2.24, 2.45) is 5.73 Å². The molecule has 4 nitrogen and oxygen atoms in total. The quantitative estimate of drug-likeness (QED) is 0.753. The monoisotopic (exact) mass is 182 g/mol. The van der Waals surface area contributed by atoms with Crippen molar-refractivity contribution in [3.05, 3.63) is 17.8 Å². The molecule has 0 spiro atoms. The van der Waals surface area contributed by atoms with Gasteiger partial charge in [0.05, 0.1) is 18.8 Å². The number of nitrogens with zero attached hydrogens (tertiary/aromatic N) is 1. The molecule has 0 radical (unpaired) electrons. The average Bonchev–Trinajstić information content (AvgIpc) is 2.76. The predicted octanol–water partition coefficient (Wildman–Crippen LogP) is 0.855. The van der Waals surface area contributed by atoms with Crippen LogP contribution in [0.4, 0.5) is 0 Å². The van der Waals surface area contributed by atoms with Crippen LogP contribution in [0, 0.1) is 0 Å². The number of ether oxygens (including phenoxy) is 1. The molecular weight excluding hydrogens is 168 g/mol. The number of hydrogen-bond donors (Lipinski definition) is 1. The van der Waals surface area contributed by atoms with E-state index in [4.69, 9.17) is 14.9 Å². The fourth-order valence-electron chi connectivity index (χ4n) is 1.57. The lowest BCUT2D eigenvalue weighted by Gasteiger charge is -2.04. The molecule has 0 aromatic carbocycles. The van der Waals surface area contributed by atoms with Gasteiger partial charge in [-0.25, -0.2) is 4.98 Å². The SMILES string of the molecule is NCc1ncc(CC2CCCO2)o1. The summed E-state index contributed by atoms with van der Waals surface area (Å²) in [4.78, 5) is 4.03. The minimum Gasteiger partial charge on any atom is -0.444 e. The molecule has 1 aliphatic rings. The highest BCUT2D eigenvalue weighted by atomic mass is 16.5. The summed E-state index contributed by atoms with van der Waals surface area (Å²) in [6, 6.07) is 0. The van der Waals surface area contributed by atoms with Crippen molar-refractivity contribution in [3.63, 3.8) is 0 Å². The van der Waals surface area contributed by atoms with Gasteiger partial charge in [0.2, 0.25) is 5.89 Å². The highest BCUT2D eigenvalue weighted by molar-refractivity contribution is 4.96. The second kappa shape index (κ2) is 3.89. The lowest BCUT2D eigenvalue weighted by atomic mass is 10.1. The van der Waals surface area contributed by atoms with E-state index in [1.54, 1.807) is 6.20 Å². The first kappa shape index (κ1) is 8.72. The summed E-state index contributed by atoms with van der Waals surface area (Å²) in [5.74, 6) is 1.49. The van der Waals surface area contributed by atoms with E-state index in [0.29, 0.717) is 18.5 Å². The van der Waals surface area contributed by atoms with Crippen LogP contribution in [0.5, 0.6) is 0 Å². The minimum absolute atomic E-state index is 0.318. The fourth-order valence-corrected chi connectivity index (χ4v) is 1.57. The molecule has 13 heavy (non-hydrogen) atoms.